The molecule has 2 fully saturated rings. The molecule has 2 aromatic rings. The average Bonchev–Trinajstić information content (AvgIpc) is 2.76. The number of anilines is 1. The molecule has 6 nitrogen and oxygen atoms in total. The van der Waals surface area contributed by atoms with E-state index in [1.807, 2.05) is 4.90 Å². The van der Waals surface area contributed by atoms with Crippen LogP contribution in [0, 0.1) is 5.92 Å². The Balaban J connectivity index is 1.47. The maximum atomic E-state index is 13.3. The summed E-state index contributed by atoms with van der Waals surface area (Å²) in [5, 5.41) is 0. The highest BCUT2D eigenvalue weighted by Crippen LogP contribution is 2.32. The predicted molar refractivity (Wildman–Crippen MR) is 122 cm³/mol. The molecule has 0 radical (unpaired) electrons. The first kappa shape index (κ1) is 24.4. The van der Waals surface area contributed by atoms with E-state index in [0.717, 1.165) is 37.7 Å². The molecule has 1 saturated carbocycles. The summed E-state index contributed by atoms with van der Waals surface area (Å²) in [5.74, 6) is 0.500. The monoisotopic (exact) mass is 496 g/mol. The largest absolute Gasteiger partial charge is 0.492 e. The zero-order chi connectivity index (χ0) is 24.5. The molecule has 2 aliphatic rings. The number of piperazine rings is 1. The number of ether oxygens (including phenoxy) is 1. The summed E-state index contributed by atoms with van der Waals surface area (Å²) >= 11 is 0. The number of halogens is 3. The Bertz CT molecular complexity index is 1140. The SMILES string of the molecule is CS(=O)(=O)c1ccc(OCC2CCC2)c(C(=O)N2CCN(c3ccc(C(F)(F)F)cc3)CC2)c1. The Morgan fingerprint density at radius 3 is 2.21 bits per heavy atom. The van der Waals surface area contributed by atoms with Crippen LogP contribution in [0.3, 0.4) is 0 Å². The summed E-state index contributed by atoms with van der Waals surface area (Å²) in [5.41, 5.74) is 0.166. The van der Waals surface area contributed by atoms with Crippen molar-refractivity contribution in [3.8, 4) is 5.75 Å². The number of hydrogen-bond donors (Lipinski definition) is 0. The zero-order valence-corrected chi connectivity index (χ0v) is 19.7. The number of rotatable bonds is 6. The fourth-order valence-corrected chi connectivity index (χ4v) is 4.75. The Labute approximate surface area is 197 Å². The standard InChI is InChI=1S/C24H27F3N2O4S/c1-34(31,32)20-9-10-22(33-16-17-3-2-4-17)21(15-20)23(30)29-13-11-28(12-14-29)19-7-5-18(6-8-19)24(25,26)27/h5-10,15,17H,2-4,11-14,16H2,1H3. The smallest absolute Gasteiger partial charge is 0.416 e. The van der Waals surface area contributed by atoms with Gasteiger partial charge in [0, 0.05) is 38.1 Å². The van der Waals surface area contributed by atoms with Crippen LogP contribution in [0.1, 0.15) is 35.2 Å². The molecule has 0 unspecified atom stereocenters. The molecule has 34 heavy (non-hydrogen) atoms. The van der Waals surface area contributed by atoms with Crippen molar-refractivity contribution in [1.29, 1.82) is 0 Å². The number of carbonyl (C=O) groups excluding carboxylic acids is 1. The van der Waals surface area contributed by atoms with Gasteiger partial charge in [0.2, 0.25) is 0 Å². The van der Waals surface area contributed by atoms with Crippen LogP contribution in [0.4, 0.5) is 18.9 Å². The van der Waals surface area contributed by atoms with Crippen molar-refractivity contribution < 1.29 is 31.1 Å². The third-order valence-corrected chi connectivity index (χ3v) is 7.55. The van der Waals surface area contributed by atoms with Crippen LogP contribution in [-0.2, 0) is 16.0 Å². The second-order valence-corrected chi connectivity index (χ2v) is 10.9. The summed E-state index contributed by atoms with van der Waals surface area (Å²) in [4.78, 5) is 16.9. The Hall–Kier alpha value is -2.75. The van der Waals surface area contributed by atoms with Gasteiger partial charge in [0.1, 0.15) is 5.75 Å². The molecule has 1 heterocycles. The van der Waals surface area contributed by atoms with Crippen LogP contribution in [-0.4, -0.2) is 58.3 Å². The number of sulfone groups is 1. The van der Waals surface area contributed by atoms with Gasteiger partial charge in [-0.2, -0.15) is 13.2 Å². The van der Waals surface area contributed by atoms with Gasteiger partial charge >= 0.3 is 6.18 Å². The van der Waals surface area contributed by atoms with Gasteiger partial charge in [-0.25, -0.2) is 8.42 Å². The summed E-state index contributed by atoms with van der Waals surface area (Å²) in [6.07, 6.45) is 0.0279. The van der Waals surface area contributed by atoms with Crippen molar-refractivity contribution in [3.05, 3.63) is 53.6 Å². The van der Waals surface area contributed by atoms with E-state index in [0.29, 0.717) is 50.1 Å². The first-order valence-corrected chi connectivity index (χ1v) is 13.1. The topological polar surface area (TPSA) is 66.9 Å². The van der Waals surface area contributed by atoms with E-state index in [1.54, 1.807) is 11.0 Å². The number of carbonyl (C=O) groups is 1. The van der Waals surface area contributed by atoms with Gasteiger partial charge in [-0.1, -0.05) is 6.42 Å². The molecule has 0 aromatic heterocycles. The van der Waals surface area contributed by atoms with E-state index in [1.165, 1.54) is 24.3 Å². The first-order chi connectivity index (χ1) is 16.0. The lowest BCUT2D eigenvalue weighted by Crippen LogP contribution is -2.48. The molecule has 1 amide bonds. The van der Waals surface area contributed by atoms with Gasteiger partial charge in [0.15, 0.2) is 9.84 Å². The molecule has 0 bridgehead atoms. The van der Waals surface area contributed by atoms with E-state index in [-0.39, 0.29) is 16.4 Å². The summed E-state index contributed by atoms with van der Waals surface area (Å²) in [6, 6.07) is 9.33. The Morgan fingerprint density at radius 2 is 1.68 bits per heavy atom. The van der Waals surface area contributed by atoms with Gasteiger partial charge in [-0.3, -0.25) is 4.79 Å². The fourth-order valence-electron chi connectivity index (χ4n) is 4.10. The van der Waals surface area contributed by atoms with E-state index in [2.05, 4.69) is 0 Å². The molecule has 0 spiro atoms. The van der Waals surface area contributed by atoms with Crippen molar-refractivity contribution in [2.45, 2.75) is 30.3 Å². The van der Waals surface area contributed by atoms with Gasteiger partial charge in [0.05, 0.1) is 22.6 Å². The lowest BCUT2D eigenvalue weighted by Gasteiger charge is -2.36. The molecule has 10 heteroatoms. The quantitative estimate of drug-likeness (QED) is 0.598. The second kappa shape index (κ2) is 9.48. The number of hydrogen-bond acceptors (Lipinski definition) is 5. The van der Waals surface area contributed by atoms with Crippen LogP contribution in [0.5, 0.6) is 5.75 Å². The Kier molecular flexibility index (Phi) is 6.80. The lowest BCUT2D eigenvalue weighted by atomic mass is 9.86. The minimum atomic E-state index is -4.39. The summed E-state index contributed by atoms with van der Waals surface area (Å²) < 4.78 is 68.5. The third kappa shape index (κ3) is 5.48. The zero-order valence-electron chi connectivity index (χ0n) is 18.8. The predicted octanol–water partition coefficient (Wildman–Crippen LogP) is 4.25. The van der Waals surface area contributed by atoms with Gasteiger partial charge in [-0.05, 0) is 61.2 Å². The van der Waals surface area contributed by atoms with Crippen molar-refractivity contribution >= 4 is 21.4 Å². The van der Waals surface area contributed by atoms with E-state index in [4.69, 9.17) is 4.74 Å². The number of nitrogens with zero attached hydrogens (tertiary/aromatic N) is 2. The number of benzene rings is 2. The van der Waals surface area contributed by atoms with Crippen molar-refractivity contribution in [2.24, 2.45) is 5.92 Å². The second-order valence-electron chi connectivity index (χ2n) is 8.86. The molecule has 0 N–H and O–H groups in total. The number of alkyl halides is 3. The fraction of sp³-hybridized carbons (Fsp3) is 0.458. The van der Waals surface area contributed by atoms with Crippen molar-refractivity contribution in [1.82, 2.24) is 4.90 Å². The molecule has 1 aliphatic carbocycles. The van der Waals surface area contributed by atoms with Crippen molar-refractivity contribution in [3.63, 3.8) is 0 Å². The van der Waals surface area contributed by atoms with Crippen LogP contribution in [0.15, 0.2) is 47.4 Å². The van der Waals surface area contributed by atoms with Crippen LogP contribution >= 0.6 is 0 Å². The first-order valence-electron chi connectivity index (χ1n) is 11.2. The molecule has 2 aromatic carbocycles. The number of amides is 1. The molecular formula is C24H27F3N2O4S. The molecule has 1 saturated heterocycles. The summed E-state index contributed by atoms with van der Waals surface area (Å²) in [7, 11) is -3.50. The third-order valence-electron chi connectivity index (χ3n) is 6.44. The maximum Gasteiger partial charge on any atom is 0.416 e. The molecule has 4 rings (SSSR count). The van der Waals surface area contributed by atoms with Crippen molar-refractivity contribution in [2.75, 3.05) is 43.9 Å². The molecular weight excluding hydrogens is 469 g/mol. The Morgan fingerprint density at radius 1 is 1.03 bits per heavy atom. The molecule has 1 aliphatic heterocycles. The highest BCUT2D eigenvalue weighted by molar-refractivity contribution is 7.90. The van der Waals surface area contributed by atoms with E-state index >= 15 is 0 Å². The average molecular weight is 497 g/mol. The van der Waals surface area contributed by atoms with Gasteiger partial charge < -0.3 is 14.5 Å². The molecule has 0 atom stereocenters. The maximum absolute atomic E-state index is 13.3. The lowest BCUT2D eigenvalue weighted by molar-refractivity contribution is -0.137. The highest BCUT2D eigenvalue weighted by Gasteiger charge is 2.31. The summed E-state index contributed by atoms with van der Waals surface area (Å²) in [6.45, 7) is 2.08. The minimum absolute atomic E-state index is 0.0511. The van der Waals surface area contributed by atoms with Gasteiger partial charge in [0.25, 0.3) is 5.91 Å². The van der Waals surface area contributed by atoms with E-state index < -0.39 is 21.6 Å². The molecule has 184 valence electrons. The van der Waals surface area contributed by atoms with Crippen LogP contribution in [0.2, 0.25) is 0 Å². The van der Waals surface area contributed by atoms with E-state index in [9.17, 15) is 26.4 Å². The highest BCUT2D eigenvalue weighted by atomic mass is 32.2. The minimum Gasteiger partial charge on any atom is -0.492 e. The normalized spacial score (nSPS) is 17.4. The van der Waals surface area contributed by atoms with Crippen LogP contribution < -0.4 is 9.64 Å². The van der Waals surface area contributed by atoms with Crippen LogP contribution in [0.25, 0.3) is 0 Å². The van der Waals surface area contributed by atoms with Gasteiger partial charge in [-0.15, -0.1) is 0 Å².